The Morgan fingerprint density at radius 2 is 1.56 bits per heavy atom. The highest BCUT2D eigenvalue weighted by Crippen LogP contribution is 2.27. The number of anilines is 1. The average Bonchev–Trinajstić information content (AvgIpc) is 2.84. The number of aryl methyl sites for hydroxylation is 1. The van der Waals surface area contributed by atoms with E-state index in [1.165, 1.54) is 17.3 Å². The van der Waals surface area contributed by atoms with Gasteiger partial charge in [-0.25, -0.2) is 4.98 Å². The summed E-state index contributed by atoms with van der Waals surface area (Å²) in [5.41, 5.74) is 9.66. The Bertz CT molecular complexity index is 1130. The van der Waals surface area contributed by atoms with E-state index in [0.717, 1.165) is 18.5 Å². The molecule has 0 fully saturated rings. The van der Waals surface area contributed by atoms with Crippen LogP contribution in [0.4, 0.5) is 5.69 Å². The molecule has 0 aliphatic heterocycles. The molecule has 4 N–H and O–H groups in total. The third-order valence-electron chi connectivity index (χ3n) is 5.23. The molecule has 5 heteroatoms. The van der Waals surface area contributed by atoms with Crippen molar-refractivity contribution < 1.29 is 4.74 Å². The number of nitrogens with two attached hydrogens (primary N) is 1. The summed E-state index contributed by atoms with van der Waals surface area (Å²) in [6.45, 7) is 0. The lowest BCUT2D eigenvalue weighted by atomic mass is 9.98. The van der Waals surface area contributed by atoms with Gasteiger partial charge in [-0.05, 0) is 54.3 Å². The van der Waals surface area contributed by atoms with E-state index in [1.807, 2.05) is 36.4 Å². The number of nitrogens with zero attached hydrogens (tertiary/aromatic N) is 1. The van der Waals surface area contributed by atoms with Crippen molar-refractivity contribution in [1.29, 1.82) is 5.41 Å². The third-order valence-corrected chi connectivity index (χ3v) is 5.23. The van der Waals surface area contributed by atoms with Crippen molar-refractivity contribution in [2.45, 2.75) is 18.9 Å². The second kappa shape index (κ2) is 10.3. The molecule has 0 spiro atoms. The van der Waals surface area contributed by atoms with Gasteiger partial charge in [-0.1, -0.05) is 60.7 Å². The molecule has 160 valence electrons. The van der Waals surface area contributed by atoms with E-state index in [0.29, 0.717) is 17.2 Å². The van der Waals surface area contributed by atoms with Gasteiger partial charge in [-0.2, -0.15) is 0 Å². The number of para-hydroxylation sites is 1. The summed E-state index contributed by atoms with van der Waals surface area (Å²) in [4.78, 5) is 4.22. The summed E-state index contributed by atoms with van der Waals surface area (Å²) < 4.78 is 5.85. The number of nitrogen functional groups attached to an aromatic ring is 1. The summed E-state index contributed by atoms with van der Waals surface area (Å²) in [7, 11) is 0. The summed E-state index contributed by atoms with van der Waals surface area (Å²) in [5, 5.41) is 11.1. The molecular formula is C27H26N4O. The summed E-state index contributed by atoms with van der Waals surface area (Å²) >= 11 is 0. The minimum absolute atomic E-state index is 0.0131. The molecule has 1 atom stereocenters. The summed E-state index contributed by atoms with van der Waals surface area (Å²) in [6.07, 6.45) is 3.48. The van der Waals surface area contributed by atoms with Gasteiger partial charge in [0.05, 0.1) is 6.04 Å². The van der Waals surface area contributed by atoms with Crippen LogP contribution in [0, 0.1) is 5.41 Å². The highest BCUT2D eigenvalue weighted by atomic mass is 16.5. The van der Waals surface area contributed by atoms with E-state index in [4.69, 9.17) is 15.9 Å². The van der Waals surface area contributed by atoms with Crippen LogP contribution < -0.4 is 15.8 Å². The van der Waals surface area contributed by atoms with Gasteiger partial charge in [-0.3, -0.25) is 5.41 Å². The first kappa shape index (κ1) is 21.1. The second-order valence-corrected chi connectivity index (χ2v) is 7.56. The lowest BCUT2D eigenvalue weighted by Crippen LogP contribution is -2.12. The van der Waals surface area contributed by atoms with Crippen LogP contribution in [0.3, 0.4) is 0 Å². The van der Waals surface area contributed by atoms with E-state index in [9.17, 15) is 0 Å². The van der Waals surface area contributed by atoms with Crippen molar-refractivity contribution in [1.82, 2.24) is 4.98 Å². The van der Waals surface area contributed by atoms with Gasteiger partial charge in [0.15, 0.2) is 0 Å². The molecule has 0 amide bonds. The molecule has 4 aromatic rings. The molecule has 0 bridgehead atoms. The average molecular weight is 423 g/mol. The first-order chi connectivity index (χ1) is 15.7. The predicted octanol–water partition coefficient (Wildman–Crippen LogP) is 5.94. The van der Waals surface area contributed by atoms with E-state index < -0.39 is 0 Å². The predicted molar refractivity (Wildman–Crippen MR) is 129 cm³/mol. The molecule has 0 saturated heterocycles. The van der Waals surface area contributed by atoms with Crippen LogP contribution in [0.5, 0.6) is 11.6 Å². The number of amidine groups is 1. The number of rotatable bonds is 9. The lowest BCUT2D eigenvalue weighted by molar-refractivity contribution is 0.462. The maximum Gasteiger partial charge on any atom is 0.219 e. The van der Waals surface area contributed by atoms with Gasteiger partial charge in [0.1, 0.15) is 11.6 Å². The van der Waals surface area contributed by atoms with E-state index >= 15 is 0 Å². The zero-order chi connectivity index (χ0) is 22.2. The first-order valence-corrected chi connectivity index (χ1v) is 10.6. The quantitative estimate of drug-likeness (QED) is 0.230. The zero-order valence-electron chi connectivity index (χ0n) is 17.7. The van der Waals surface area contributed by atoms with Crippen molar-refractivity contribution in [2.75, 3.05) is 5.32 Å². The van der Waals surface area contributed by atoms with Crippen LogP contribution in [-0.4, -0.2) is 10.8 Å². The Balaban J connectivity index is 1.47. The van der Waals surface area contributed by atoms with Gasteiger partial charge in [0.25, 0.3) is 0 Å². The Morgan fingerprint density at radius 1 is 0.875 bits per heavy atom. The van der Waals surface area contributed by atoms with Gasteiger partial charge < -0.3 is 15.8 Å². The van der Waals surface area contributed by atoms with E-state index in [-0.39, 0.29) is 11.9 Å². The molecule has 0 aliphatic carbocycles. The van der Waals surface area contributed by atoms with Crippen LogP contribution in [0.15, 0.2) is 103 Å². The Kier molecular flexibility index (Phi) is 6.78. The van der Waals surface area contributed by atoms with Crippen LogP contribution in [-0.2, 0) is 6.42 Å². The lowest BCUT2D eigenvalue weighted by Gasteiger charge is -2.21. The fourth-order valence-corrected chi connectivity index (χ4v) is 3.50. The number of hydrogen-bond donors (Lipinski definition) is 3. The SMILES string of the molecule is N=C(N)c1ccc(Oc2ccc(C(CCc3ccccc3)Nc3ccccc3)cc2)nc1. The standard InChI is InChI=1S/C27H26N4O/c28-27(29)22-14-18-26(30-19-22)32-24-15-12-21(13-16-24)25(31-23-9-5-2-6-10-23)17-11-20-7-3-1-4-8-20/h1-10,12-16,18-19,25,31H,11,17H2,(H3,28,29). The molecule has 5 nitrogen and oxygen atoms in total. The van der Waals surface area contributed by atoms with Crippen LogP contribution in [0.1, 0.15) is 29.2 Å². The fraction of sp³-hybridized carbons (Fsp3) is 0.111. The molecule has 0 saturated carbocycles. The van der Waals surface area contributed by atoms with Crippen LogP contribution >= 0.6 is 0 Å². The first-order valence-electron chi connectivity index (χ1n) is 10.6. The molecule has 32 heavy (non-hydrogen) atoms. The molecule has 4 rings (SSSR count). The highest BCUT2D eigenvalue weighted by molar-refractivity contribution is 5.94. The number of hydrogen-bond acceptors (Lipinski definition) is 4. The largest absolute Gasteiger partial charge is 0.439 e. The smallest absolute Gasteiger partial charge is 0.219 e. The van der Waals surface area contributed by atoms with E-state index in [2.05, 4.69) is 58.8 Å². The van der Waals surface area contributed by atoms with Crippen molar-refractivity contribution in [3.05, 3.63) is 120 Å². The topological polar surface area (TPSA) is 84.0 Å². The second-order valence-electron chi connectivity index (χ2n) is 7.56. The van der Waals surface area contributed by atoms with Crippen molar-refractivity contribution in [2.24, 2.45) is 5.73 Å². The number of benzene rings is 3. The molecule has 3 aromatic carbocycles. The highest BCUT2D eigenvalue weighted by Gasteiger charge is 2.12. The Labute approximate surface area is 188 Å². The van der Waals surface area contributed by atoms with Gasteiger partial charge >= 0.3 is 0 Å². The minimum Gasteiger partial charge on any atom is -0.439 e. The van der Waals surface area contributed by atoms with Crippen LogP contribution in [0.25, 0.3) is 0 Å². The Morgan fingerprint density at radius 3 is 2.19 bits per heavy atom. The maximum atomic E-state index is 7.45. The molecular weight excluding hydrogens is 396 g/mol. The summed E-state index contributed by atoms with van der Waals surface area (Å²) in [6, 6.07) is 32.5. The molecule has 1 unspecified atom stereocenters. The zero-order valence-corrected chi connectivity index (χ0v) is 17.7. The molecule has 1 heterocycles. The van der Waals surface area contributed by atoms with Gasteiger partial charge in [-0.15, -0.1) is 0 Å². The van der Waals surface area contributed by atoms with Gasteiger partial charge in [0, 0.05) is 23.5 Å². The Hall–Kier alpha value is -4.12. The number of ether oxygens (including phenoxy) is 1. The normalized spacial score (nSPS) is 11.5. The number of aromatic nitrogens is 1. The van der Waals surface area contributed by atoms with Crippen LogP contribution in [0.2, 0.25) is 0 Å². The van der Waals surface area contributed by atoms with Crippen molar-refractivity contribution in [3.8, 4) is 11.6 Å². The summed E-state index contributed by atoms with van der Waals surface area (Å²) in [5.74, 6) is 1.16. The molecule has 0 aliphatic rings. The monoisotopic (exact) mass is 422 g/mol. The molecule has 0 radical (unpaired) electrons. The number of pyridine rings is 1. The minimum atomic E-state index is -0.0131. The number of nitrogens with one attached hydrogen (secondary N) is 2. The third kappa shape index (κ3) is 5.73. The van der Waals surface area contributed by atoms with Gasteiger partial charge in [0.2, 0.25) is 5.88 Å². The van der Waals surface area contributed by atoms with Crippen molar-refractivity contribution >= 4 is 11.5 Å². The van der Waals surface area contributed by atoms with E-state index in [1.54, 1.807) is 12.1 Å². The fourth-order valence-electron chi connectivity index (χ4n) is 3.50. The molecule has 1 aromatic heterocycles. The maximum absolute atomic E-state index is 7.45. The van der Waals surface area contributed by atoms with Crippen molar-refractivity contribution in [3.63, 3.8) is 0 Å².